The molecule has 33 heavy (non-hydrogen) atoms. The summed E-state index contributed by atoms with van der Waals surface area (Å²) in [5.41, 5.74) is 11.1. The second-order valence-corrected chi connectivity index (χ2v) is 9.26. The highest BCUT2D eigenvalue weighted by atomic mass is 14.3. The Labute approximate surface area is 194 Å². The van der Waals surface area contributed by atoms with Crippen molar-refractivity contribution >= 4 is 21.5 Å². The van der Waals surface area contributed by atoms with Gasteiger partial charge in [-0.1, -0.05) is 109 Å². The average molecular weight is 421 g/mol. The first kappa shape index (κ1) is 18.7. The van der Waals surface area contributed by atoms with Gasteiger partial charge in [-0.15, -0.1) is 0 Å². The van der Waals surface area contributed by atoms with E-state index in [1.165, 1.54) is 66.1 Å². The molecule has 0 amide bonds. The van der Waals surface area contributed by atoms with Gasteiger partial charge in [0.2, 0.25) is 0 Å². The molecule has 5 aromatic carbocycles. The van der Waals surface area contributed by atoms with Gasteiger partial charge in [0.15, 0.2) is 0 Å². The van der Waals surface area contributed by atoms with Gasteiger partial charge in [0.05, 0.1) is 0 Å². The third-order valence-electron chi connectivity index (χ3n) is 7.47. The SMILES string of the molecule is Cc1ccc2c3c(cccc13)-c1c-2c(-c2ccccc2)c2ccccc2c1C1C=CC=CC1. The lowest BCUT2D eigenvalue weighted by atomic mass is 9.79. The number of allylic oxidation sites excluding steroid dienone is 4. The van der Waals surface area contributed by atoms with Gasteiger partial charge >= 0.3 is 0 Å². The third-order valence-corrected chi connectivity index (χ3v) is 7.47. The summed E-state index contributed by atoms with van der Waals surface area (Å²) in [6.45, 7) is 2.23. The zero-order valence-electron chi connectivity index (χ0n) is 18.7. The number of hydrogen-bond donors (Lipinski definition) is 0. The van der Waals surface area contributed by atoms with E-state index in [9.17, 15) is 0 Å². The Bertz CT molecular complexity index is 1630. The van der Waals surface area contributed by atoms with Crippen LogP contribution in [0.3, 0.4) is 0 Å². The van der Waals surface area contributed by atoms with Crippen molar-refractivity contribution in [2.45, 2.75) is 19.3 Å². The molecule has 0 nitrogen and oxygen atoms in total. The van der Waals surface area contributed by atoms with Crippen molar-refractivity contribution in [3.63, 3.8) is 0 Å². The van der Waals surface area contributed by atoms with Gasteiger partial charge in [-0.2, -0.15) is 0 Å². The molecule has 2 aliphatic carbocycles. The molecule has 0 aromatic heterocycles. The Morgan fingerprint density at radius 2 is 1.36 bits per heavy atom. The fourth-order valence-corrected chi connectivity index (χ4v) is 6.07. The van der Waals surface area contributed by atoms with Gasteiger partial charge in [0, 0.05) is 5.92 Å². The minimum atomic E-state index is 0.379. The predicted molar refractivity (Wildman–Crippen MR) is 142 cm³/mol. The average Bonchev–Trinajstić information content (AvgIpc) is 3.21. The summed E-state index contributed by atoms with van der Waals surface area (Å²) in [5, 5.41) is 5.51. The summed E-state index contributed by atoms with van der Waals surface area (Å²) >= 11 is 0. The number of hydrogen-bond acceptors (Lipinski definition) is 0. The molecule has 0 spiro atoms. The van der Waals surface area contributed by atoms with Crippen LogP contribution in [0.4, 0.5) is 0 Å². The van der Waals surface area contributed by atoms with Crippen LogP contribution in [0, 0.1) is 6.92 Å². The van der Waals surface area contributed by atoms with E-state index in [1.807, 2.05) is 0 Å². The Hall–Kier alpha value is -3.90. The zero-order valence-corrected chi connectivity index (χ0v) is 18.7. The predicted octanol–water partition coefficient (Wildman–Crippen LogP) is 9.22. The van der Waals surface area contributed by atoms with Gasteiger partial charge in [-0.3, -0.25) is 0 Å². The molecular formula is C33H24. The summed E-state index contributed by atoms with van der Waals surface area (Å²) in [6.07, 6.45) is 10.1. The van der Waals surface area contributed by atoms with Crippen LogP contribution in [-0.4, -0.2) is 0 Å². The molecule has 0 bridgehead atoms. The maximum atomic E-state index is 2.39. The van der Waals surface area contributed by atoms with Gasteiger partial charge < -0.3 is 0 Å². The normalized spacial score (nSPS) is 16.0. The van der Waals surface area contributed by atoms with Crippen molar-refractivity contribution in [1.82, 2.24) is 0 Å². The maximum Gasteiger partial charge on any atom is 0.00682 e. The Morgan fingerprint density at radius 3 is 2.18 bits per heavy atom. The molecular weight excluding hydrogens is 396 g/mol. The minimum absolute atomic E-state index is 0.379. The van der Waals surface area contributed by atoms with Gasteiger partial charge in [-0.25, -0.2) is 0 Å². The molecule has 0 fully saturated rings. The summed E-state index contributed by atoms with van der Waals surface area (Å²) in [6, 6.07) is 31.5. The van der Waals surface area contributed by atoms with Crippen LogP contribution < -0.4 is 0 Å². The Kier molecular flexibility index (Phi) is 3.98. The summed E-state index contributed by atoms with van der Waals surface area (Å²) in [5.74, 6) is 0.379. The van der Waals surface area contributed by atoms with Gasteiger partial charge in [-0.05, 0) is 79.4 Å². The highest BCUT2D eigenvalue weighted by Gasteiger charge is 2.31. The second-order valence-electron chi connectivity index (χ2n) is 9.26. The maximum absolute atomic E-state index is 2.39. The monoisotopic (exact) mass is 420 g/mol. The van der Waals surface area contributed by atoms with Crippen molar-refractivity contribution in [3.05, 3.63) is 120 Å². The largest absolute Gasteiger partial charge is 0.0836 e. The standard InChI is InChI=1S/C33H24/c1-21-19-20-28-31-24(21)17-10-18-27(31)32-29(22-11-4-2-5-12-22)25-15-8-9-16-26(25)30(33(28)32)23-13-6-3-7-14-23/h2-11,13-20,22H,12H2,1H3. The van der Waals surface area contributed by atoms with Crippen LogP contribution in [0.1, 0.15) is 23.5 Å². The molecule has 0 N–H and O–H groups in total. The lowest BCUT2D eigenvalue weighted by molar-refractivity contribution is 0.865. The molecule has 5 aromatic rings. The van der Waals surface area contributed by atoms with Crippen LogP contribution in [0.15, 0.2) is 109 Å². The van der Waals surface area contributed by atoms with Crippen LogP contribution in [0.2, 0.25) is 0 Å². The number of benzene rings is 5. The number of aryl methyl sites for hydroxylation is 1. The van der Waals surface area contributed by atoms with Crippen LogP contribution in [0.5, 0.6) is 0 Å². The fraction of sp³-hybridized carbons (Fsp3) is 0.0909. The van der Waals surface area contributed by atoms with E-state index in [0.717, 1.165) is 6.42 Å². The summed E-state index contributed by atoms with van der Waals surface area (Å²) < 4.78 is 0. The molecule has 0 radical (unpaired) electrons. The van der Waals surface area contributed by atoms with Gasteiger partial charge in [0.25, 0.3) is 0 Å². The fourth-order valence-electron chi connectivity index (χ4n) is 6.07. The molecule has 0 heterocycles. The van der Waals surface area contributed by atoms with Crippen molar-refractivity contribution in [2.75, 3.05) is 0 Å². The summed E-state index contributed by atoms with van der Waals surface area (Å²) in [4.78, 5) is 0. The third kappa shape index (κ3) is 2.58. The lowest BCUT2D eigenvalue weighted by Gasteiger charge is -2.24. The smallest absolute Gasteiger partial charge is 0.00682 e. The minimum Gasteiger partial charge on any atom is -0.0836 e. The van der Waals surface area contributed by atoms with Crippen molar-refractivity contribution in [1.29, 1.82) is 0 Å². The highest BCUT2D eigenvalue weighted by molar-refractivity contribution is 6.24. The van der Waals surface area contributed by atoms with E-state index in [0.29, 0.717) is 5.92 Å². The zero-order chi connectivity index (χ0) is 21.9. The Balaban J connectivity index is 1.73. The molecule has 0 heteroatoms. The van der Waals surface area contributed by atoms with Crippen molar-refractivity contribution in [2.24, 2.45) is 0 Å². The molecule has 0 saturated heterocycles. The van der Waals surface area contributed by atoms with Crippen molar-refractivity contribution < 1.29 is 0 Å². The quantitative estimate of drug-likeness (QED) is 0.262. The van der Waals surface area contributed by atoms with E-state index < -0.39 is 0 Å². The first-order chi connectivity index (χ1) is 16.3. The number of rotatable bonds is 2. The van der Waals surface area contributed by atoms with Crippen LogP contribution in [0.25, 0.3) is 54.9 Å². The van der Waals surface area contributed by atoms with E-state index in [1.54, 1.807) is 0 Å². The molecule has 7 rings (SSSR count). The topological polar surface area (TPSA) is 0 Å². The summed E-state index contributed by atoms with van der Waals surface area (Å²) in [7, 11) is 0. The first-order valence-electron chi connectivity index (χ1n) is 11.8. The molecule has 1 unspecified atom stereocenters. The second kappa shape index (κ2) is 7.05. The molecule has 156 valence electrons. The van der Waals surface area contributed by atoms with Crippen LogP contribution >= 0.6 is 0 Å². The van der Waals surface area contributed by atoms with Crippen molar-refractivity contribution in [3.8, 4) is 33.4 Å². The van der Waals surface area contributed by atoms with Crippen LogP contribution in [-0.2, 0) is 0 Å². The molecule has 0 saturated carbocycles. The van der Waals surface area contributed by atoms with Gasteiger partial charge in [0.1, 0.15) is 0 Å². The van der Waals surface area contributed by atoms with E-state index in [2.05, 4.69) is 116 Å². The first-order valence-corrected chi connectivity index (χ1v) is 11.8. The lowest BCUT2D eigenvalue weighted by Crippen LogP contribution is -2.02. The van der Waals surface area contributed by atoms with E-state index >= 15 is 0 Å². The molecule has 0 aliphatic heterocycles. The van der Waals surface area contributed by atoms with E-state index in [-0.39, 0.29) is 0 Å². The number of fused-ring (bicyclic) bond motifs is 4. The Morgan fingerprint density at radius 1 is 0.606 bits per heavy atom. The highest BCUT2D eigenvalue weighted by Crippen LogP contribution is 2.57. The molecule has 2 aliphatic rings. The molecule has 1 atom stereocenters. The van der Waals surface area contributed by atoms with E-state index in [4.69, 9.17) is 0 Å².